The summed E-state index contributed by atoms with van der Waals surface area (Å²) >= 11 is 0. The molecule has 0 heterocycles. The minimum absolute atomic E-state index is 0.179. The van der Waals surface area contributed by atoms with Crippen LogP contribution in [0.5, 0.6) is 0 Å². The minimum Gasteiger partial charge on any atom is -0.312 e. The fraction of sp³-hybridized carbons (Fsp3) is 0.455. The van der Waals surface area contributed by atoms with Gasteiger partial charge < -0.3 is 5.32 Å². The number of rotatable bonds is 5. The van der Waals surface area contributed by atoms with Crippen molar-refractivity contribution in [1.82, 2.24) is 5.32 Å². The van der Waals surface area contributed by atoms with Gasteiger partial charge in [0.1, 0.15) is 0 Å². The molecule has 0 aromatic heterocycles. The third-order valence-corrected chi connectivity index (χ3v) is 3.60. The van der Waals surface area contributed by atoms with Crippen LogP contribution < -0.4 is 10.5 Å². The Balaban J connectivity index is 1.98. The van der Waals surface area contributed by atoms with Crippen LogP contribution in [0.25, 0.3) is 0 Å². The van der Waals surface area contributed by atoms with Crippen LogP contribution >= 0.6 is 0 Å². The van der Waals surface area contributed by atoms with E-state index in [2.05, 4.69) is 5.32 Å². The van der Waals surface area contributed by atoms with E-state index < -0.39 is 10.0 Å². The first-order valence-electron chi connectivity index (χ1n) is 5.38. The molecule has 1 aromatic rings. The van der Waals surface area contributed by atoms with Crippen molar-refractivity contribution < 1.29 is 8.42 Å². The van der Waals surface area contributed by atoms with Gasteiger partial charge in [0.05, 0.1) is 4.90 Å². The van der Waals surface area contributed by atoms with E-state index in [1.165, 1.54) is 18.9 Å². The summed E-state index contributed by atoms with van der Waals surface area (Å²) in [4.78, 5) is 0.179. The molecule has 0 atom stereocenters. The van der Waals surface area contributed by atoms with Crippen LogP contribution in [0.3, 0.4) is 0 Å². The lowest BCUT2D eigenvalue weighted by molar-refractivity contribution is 0.597. The molecule has 16 heavy (non-hydrogen) atoms. The highest BCUT2D eigenvalue weighted by molar-refractivity contribution is 7.89. The van der Waals surface area contributed by atoms with Crippen LogP contribution in [-0.2, 0) is 16.6 Å². The second-order valence-corrected chi connectivity index (χ2v) is 5.83. The summed E-state index contributed by atoms with van der Waals surface area (Å²) in [5.41, 5.74) is 0.951. The van der Waals surface area contributed by atoms with Crippen LogP contribution in [0, 0.1) is 5.92 Å². The van der Waals surface area contributed by atoms with Crippen LogP contribution in [0.15, 0.2) is 29.2 Å². The Morgan fingerprint density at radius 2 is 2.12 bits per heavy atom. The molecule has 2 rings (SSSR count). The number of benzene rings is 1. The molecule has 3 N–H and O–H groups in total. The number of sulfonamides is 1. The SMILES string of the molecule is NS(=O)(=O)c1cccc(CNCC2CC2)c1. The second kappa shape index (κ2) is 4.53. The van der Waals surface area contributed by atoms with Gasteiger partial charge in [-0.1, -0.05) is 12.1 Å². The van der Waals surface area contributed by atoms with Gasteiger partial charge in [0.25, 0.3) is 0 Å². The topological polar surface area (TPSA) is 72.2 Å². The molecule has 0 aliphatic heterocycles. The summed E-state index contributed by atoms with van der Waals surface area (Å²) in [6.07, 6.45) is 2.62. The first-order valence-corrected chi connectivity index (χ1v) is 6.93. The molecule has 0 bridgehead atoms. The van der Waals surface area contributed by atoms with Crippen molar-refractivity contribution in [3.63, 3.8) is 0 Å². The molecule has 1 aliphatic rings. The van der Waals surface area contributed by atoms with Crippen LogP contribution in [-0.4, -0.2) is 15.0 Å². The van der Waals surface area contributed by atoms with Crippen molar-refractivity contribution in [3.8, 4) is 0 Å². The van der Waals surface area contributed by atoms with Crippen molar-refractivity contribution in [2.24, 2.45) is 11.1 Å². The van der Waals surface area contributed by atoms with Crippen LogP contribution in [0.1, 0.15) is 18.4 Å². The Hall–Kier alpha value is -0.910. The van der Waals surface area contributed by atoms with Crippen molar-refractivity contribution in [1.29, 1.82) is 0 Å². The maximum absolute atomic E-state index is 11.1. The Bertz CT molecular complexity index is 467. The largest absolute Gasteiger partial charge is 0.312 e. The zero-order chi connectivity index (χ0) is 11.6. The lowest BCUT2D eigenvalue weighted by Crippen LogP contribution is -2.17. The maximum Gasteiger partial charge on any atom is 0.238 e. The van der Waals surface area contributed by atoms with E-state index in [-0.39, 0.29) is 4.90 Å². The third kappa shape index (κ3) is 3.30. The van der Waals surface area contributed by atoms with E-state index in [0.717, 1.165) is 18.0 Å². The van der Waals surface area contributed by atoms with E-state index in [4.69, 9.17) is 5.14 Å². The van der Waals surface area contributed by atoms with E-state index >= 15 is 0 Å². The van der Waals surface area contributed by atoms with Gasteiger partial charge in [-0.3, -0.25) is 0 Å². The van der Waals surface area contributed by atoms with Gasteiger partial charge >= 0.3 is 0 Å². The normalized spacial score (nSPS) is 16.3. The highest BCUT2D eigenvalue weighted by Gasteiger charge is 2.20. The van der Waals surface area contributed by atoms with Crippen LogP contribution in [0.2, 0.25) is 0 Å². The van der Waals surface area contributed by atoms with Gasteiger partial charge in [0, 0.05) is 6.54 Å². The number of primary sulfonamides is 1. The maximum atomic E-state index is 11.1. The molecule has 1 fully saturated rings. The fourth-order valence-corrected chi connectivity index (χ4v) is 2.16. The number of hydrogen-bond donors (Lipinski definition) is 2. The monoisotopic (exact) mass is 240 g/mol. The van der Waals surface area contributed by atoms with Gasteiger partial charge in [-0.15, -0.1) is 0 Å². The van der Waals surface area contributed by atoms with Gasteiger partial charge in [0.15, 0.2) is 0 Å². The van der Waals surface area contributed by atoms with Gasteiger partial charge in [-0.05, 0) is 43.0 Å². The summed E-state index contributed by atoms with van der Waals surface area (Å²) in [5.74, 6) is 0.821. The standard InChI is InChI=1S/C11H16N2O2S/c12-16(14,15)11-3-1-2-10(6-11)8-13-7-9-4-5-9/h1-3,6,9,13H,4-5,7-8H2,(H2,12,14,15). The number of hydrogen-bond acceptors (Lipinski definition) is 3. The molecular formula is C11H16N2O2S. The quantitative estimate of drug-likeness (QED) is 0.801. The van der Waals surface area contributed by atoms with E-state index in [9.17, 15) is 8.42 Å². The summed E-state index contributed by atoms with van der Waals surface area (Å²) in [5, 5.41) is 8.37. The molecule has 5 heteroatoms. The summed E-state index contributed by atoms with van der Waals surface area (Å²) in [6.45, 7) is 1.71. The molecule has 1 aromatic carbocycles. The summed E-state index contributed by atoms with van der Waals surface area (Å²) < 4.78 is 22.3. The lowest BCUT2D eigenvalue weighted by atomic mass is 10.2. The fourth-order valence-electron chi connectivity index (χ4n) is 1.58. The predicted molar refractivity (Wildman–Crippen MR) is 62.2 cm³/mol. The average Bonchev–Trinajstić information content (AvgIpc) is 3.01. The van der Waals surface area contributed by atoms with E-state index in [1.807, 2.05) is 6.07 Å². The molecule has 0 amide bonds. The molecular weight excluding hydrogens is 224 g/mol. The highest BCUT2D eigenvalue weighted by atomic mass is 32.2. The summed E-state index contributed by atoms with van der Waals surface area (Å²) in [7, 11) is -3.58. The molecule has 0 unspecified atom stereocenters. The minimum atomic E-state index is -3.58. The van der Waals surface area contributed by atoms with Gasteiger partial charge in [-0.25, -0.2) is 13.6 Å². The Morgan fingerprint density at radius 1 is 1.38 bits per heavy atom. The lowest BCUT2D eigenvalue weighted by Gasteiger charge is -2.05. The van der Waals surface area contributed by atoms with E-state index in [0.29, 0.717) is 6.54 Å². The Labute approximate surface area is 95.9 Å². The Morgan fingerprint density at radius 3 is 2.75 bits per heavy atom. The second-order valence-electron chi connectivity index (χ2n) is 4.27. The molecule has 4 nitrogen and oxygen atoms in total. The molecule has 0 spiro atoms. The number of nitrogens with one attached hydrogen (secondary N) is 1. The smallest absolute Gasteiger partial charge is 0.238 e. The van der Waals surface area contributed by atoms with Crippen LogP contribution in [0.4, 0.5) is 0 Å². The molecule has 1 saturated carbocycles. The molecule has 0 saturated heterocycles. The third-order valence-electron chi connectivity index (χ3n) is 2.69. The Kier molecular flexibility index (Phi) is 3.28. The molecule has 1 aliphatic carbocycles. The van der Waals surface area contributed by atoms with E-state index in [1.54, 1.807) is 12.1 Å². The average molecular weight is 240 g/mol. The van der Waals surface area contributed by atoms with Gasteiger partial charge in [0.2, 0.25) is 10.0 Å². The van der Waals surface area contributed by atoms with Crippen molar-refractivity contribution in [2.75, 3.05) is 6.54 Å². The first kappa shape index (κ1) is 11.6. The predicted octanol–water partition coefficient (Wildman–Crippen LogP) is 0.834. The summed E-state index contributed by atoms with van der Waals surface area (Å²) in [6, 6.07) is 6.75. The number of nitrogens with two attached hydrogens (primary N) is 1. The van der Waals surface area contributed by atoms with Crippen molar-refractivity contribution in [2.45, 2.75) is 24.3 Å². The zero-order valence-corrected chi connectivity index (χ0v) is 9.83. The molecule has 88 valence electrons. The molecule has 0 radical (unpaired) electrons. The zero-order valence-electron chi connectivity index (χ0n) is 9.02. The van der Waals surface area contributed by atoms with Crippen molar-refractivity contribution >= 4 is 10.0 Å². The highest BCUT2D eigenvalue weighted by Crippen LogP contribution is 2.27. The van der Waals surface area contributed by atoms with Gasteiger partial charge in [-0.2, -0.15) is 0 Å². The van der Waals surface area contributed by atoms with Crippen molar-refractivity contribution in [3.05, 3.63) is 29.8 Å². The first-order chi connectivity index (χ1) is 7.55.